The summed E-state index contributed by atoms with van der Waals surface area (Å²) in [7, 11) is 0. The first-order valence-electron chi connectivity index (χ1n) is 8.10. The van der Waals surface area contributed by atoms with Gasteiger partial charge in [-0.1, -0.05) is 109 Å². The van der Waals surface area contributed by atoms with Crippen molar-refractivity contribution in [3.8, 4) is 0 Å². The lowest BCUT2D eigenvalue weighted by Crippen LogP contribution is -1.95. The minimum Gasteiger partial charge on any atom is -0.0988 e. The van der Waals surface area contributed by atoms with E-state index < -0.39 is 0 Å². The summed E-state index contributed by atoms with van der Waals surface area (Å²) in [6.07, 6.45) is 10.8. The van der Waals surface area contributed by atoms with E-state index in [1.807, 2.05) is 25.1 Å². The molecule has 1 rings (SSSR count). The summed E-state index contributed by atoms with van der Waals surface area (Å²) in [6.45, 7) is 14.8. The van der Waals surface area contributed by atoms with Gasteiger partial charge in [0.25, 0.3) is 0 Å². The minimum atomic E-state index is 0. The van der Waals surface area contributed by atoms with Crippen LogP contribution in [0.25, 0.3) is 0 Å². The normalized spacial score (nSPS) is 12.4. The van der Waals surface area contributed by atoms with Crippen LogP contribution in [0.2, 0.25) is 0 Å². The Morgan fingerprint density at radius 1 is 1.09 bits per heavy atom. The highest BCUT2D eigenvalue weighted by Crippen LogP contribution is 2.24. The van der Waals surface area contributed by atoms with Gasteiger partial charge in [0, 0.05) is 5.92 Å². The monoisotopic (exact) mass is 300 g/mol. The van der Waals surface area contributed by atoms with Gasteiger partial charge in [-0.15, -0.1) is 0 Å². The highest BCUT2D eigenvalue weighted by atomic mass is 14.1. The first-order valence-corrected chi connectivity index (χ1v) is 8.10. The van der Waals surface area contributed by atoms with Gasteiger partial charge in [-0.05, 0) is 24.0 Å². The van der Waals surface area contributed by atoms with Gasteiger partial charge in [0.1, 0.15) is 0 Å². The Morgan fingerprint density at radius 3 is 2.00 bits per heavy atom. The minimum absolute atomic E-state index is 0. The summed E-state index contributed by atoms with van der Waals surface area (Å²) < 4.78 is 0. The van der Waals surface area contributed by atoms with Crippen LogP contribution in [-0.2, 0) is 0 Å². The maximum atomic E-state index is 3.86. The summed E-state index contributed by atoms with van der Waals surface area (Å²) in [5.41, 5.74) is 2.58. The van der Waals surface area contributed by atoms with Crippen LogP contribution in [0.3, 0.4) is 0 Å². The van der Waals surface area contributed by atoms with Crippen molar-refractivity contribution in [1.29, 1.82) is 0 Å². The van der Waals surface area contributed by atoms with Crippen LogP contribution in [0.4, 0.5) is 0 Å². The SMILES string of the molecule is C.C=C/C(=C\C=C/C)C(C)c1ccccc1.CCC(C)CC. The van der Waals surface area contributed by atoms with Gasteiger partial charge in [-0.2, -0.15) is 0 Å². The van der Waals surface area contributed by atoms with E-state index in [4.69, 9.17) is 0 Å². The molecule has 1 unspecified atom stereocenters. The van der Waals surface area contributed by atoms with Gasteiger partial charge in [0.2, 0.25) is 0 Å². The quantitative estimate of drug-likeness (QED) is 0.475. The Morgan fingerprint density at radius 2 is 1.64 bits per heavy atom. The van der Waals surface area contributed by atoms with Crippen LogP contribution in [0.5, 0.6) is 0 Å². The Labute approximate surface area is 139 Å². The maximum absolute atomic E-state index is 3.86. The van der Waals surface area contributed by atoms with E-state index in [2.05, 4.69) is 70.7 Å². The molecule has 124 valence electrons. The van der Waals surface area contributed by atoms with Crippen LogP contribution in [0, 0.1) is 5.92 Å². The highest BCUT2D eigenvalue weighted by molar-refractivity contribution is 5.35. The van der Waals surface area contributed by atoms with Crippen LogP contribution >= 0.6 is 0 Å². The van der Waals surface area contributed by atoms with Crippen molar-refractivity contribution >= 4 is 0 Å². The van der Waals surface area contributed by atoms with Gasteiger partial charge >= 0.3 is 0 Å². The molecule has 0 aromatic heterocycles. The van der Waals surface area contributed by atoms with Crippen LogP contribution in [0.1, 0.15) is 66.4 Å². The molecule has 0 spiro atoms. The van der Waals surface area contributed by atoms with Crippen molar-refractivity contribution in [1.82, 2.24) is 0 Å². The van der Waals surface area contributed by atoms with Crippen molar-refractivity contribution in [2.75, 3.05) is 0 Å². The van der Waals surface area contributed by atoms with E-state index in [0.29, 0.717) is 5.92 Å². The van der Waals surface area contributed by atoms with E-state index in [1.54, 1.807) is 0 Å². The molecule has 0 aliphatic rings. The number of allylic oxidation sites excluding steroid dienone is 5. The summed E-state index contributed by atoms with van der Waals surface area (Å²) in [5.74, 6) is 1.34. The molecule has 0 aliphatic heterocycles. The molecule has 0 saturated carbocycles. The molecule has 0 heteroatoms. The number of rotatable bonds is 6. The lowest BCUT2D eigenvalue weighted by Gasteiger charge is -2.12. The van der Waals surface area contributed by atoms with Crippen molar-refractivity contribution < 1.29 is 0 Å². The van der Waals surface area contributed by atoms with Crippen molar-refractivity contribution in [3.05, 3.63) is 72.4 Å². The molecular formula is C22H36. The zero-order valence-electron chi connectivity index (χ0n) is 14.5. The third-order valence-electron chi connectivity index (χ3n) is 3.91. The number of hydrogen-bond acceptors (Lipinski definition) is 0. The van der Waals surface area contributed by atoms with E-state index in [1.165, 1.54) is 24.0 Å². The Balaban J connectivity index is 0. The van der Waals surface area contributed by atoms with Crippen molar-refractivity contribution in [2.24, 2.45) is 5.92 Å². The smallest absolute Gasteiger partial charge is 0.00607 e. The fraction of sp³-hybridized carbons (Fsp3) is 0.455. The Bertz CT molecular complexity index is 419. The number of benzene rings is 1. The summed E-state index contributed by atoms with van der Waals surface area (Å²) in [4.78, 5) is 0. The van der Waals surface area contributed by atoms with Gasteiger partial charge in [-0.25, -0.2) is 0 Å². The van der Waals surface area contributed by atoms with Gasteiger partial charge in [0.15, 0.2) is 0 Å². The molecule has 1 atom stereocenters. The fourth-order valence-electron chi connectivity index (χ4n) is 1.82. The van der Waals surface area contributed by atoms with E-state index in [0.717, 1.165) is 5.92 Å². The molecule has 0 bridgehead atoms. The van der Waals surface area contributed by atoms with Gasteiger partial charge < -0.3 is 0 Å². The van der Waals surface area contributed by atoms with E-state index in [9.17, 15) is 0 Å². The molecular weight excluding hydrogens is 264 g/mol. The molecule has 0 heterocycles. The average Bonchev–Trinajstić information content (AvgIpc) is 2.55. The molecule has 0 saturated heterocycles. The van der Waals surface area contributed by atoms with Gasteiger partial charge in [0.05, 0.1) is 0 Å². The average molecular weight is 301 g/mol. The third kappa shape index (κ3) is 9.39. The zero-order chi connectivity index (χ0) is 16.1. The lowest BCUT2D eigenvalue weighted by molar-refractivity contribution is 0.544. The van der Waals surface area contributed by atoms with Crippen molar-refractivity contribution in [3.63, 3.8) is 0 Å². The van der Waals surface area contributed by atoms with E-state index >= 15 is 0 Å². The summed E-state index contributed by atoms with van der Waals surface area (Å²) in [5, 5.41) is 0. The van der Waals surface area contributed by atoms with Crippen LogP contribution in [0.15, 0.2) is 66.8 Å². The standard InChI is InChI=1S/C15H18.C6H14.CH4/c1-4-6-10-14(5-2)13(3)15-11-8-7-9-12-15;1-4-6(3)5-2;/h4-13H,2H2,1,3H3;6H,4-5H2,1-3H3;1H4/b6-4-,14-10+;;. The van der Waals surface area contributed by atoms with E-state index in [-0.39, 0.29) is 7.43 Å². The van der Waals surface area contributed by atoms with Gasteiger partial charge in [-0.3, -0.25) is 0 Å². The zero-order valence-corrected chi connectivity index (χ0v) is 14.5. The first-order chi connectivity index (χ1) is 10.1. The second-order valence-electron chi connectivity index (χ2n) is 5.45. The molecule has 0 nitrogen and oxygen atoms in total. The Kier molecular flexibility index (Phi) is 14.8. The molecule has 0 amide bonds. The molecule has 0 aliphatic carbocycles. The third-order valence-corrected chi connectivity index (χ3v) is 3.91. The fourth-order valence-corrected chi connectivity index (χ4v) is 1.82. The maximum Gasteiger partial charge on any atom is 0.00607 e. The lowest BCUT2D eigenvalue weighted by atomic mass is 9.92. The molecule has 22 heavy (non-hydrogen) atoms. The first kappa shape index (κ1) is 22.7. The molecule has 0 fully saturated rings. The molecule has 1 aromatic carbocycles. The van der Waals surface area contributed by atoms with Crippen LogP contribution in [-0.4, -0.2) is 0 Å². The molecule has 0 N–H and O–H groups in total. The largest absolute Gasteiger partial charge is 0.0988 e. The highest BCUT2D eigenvalue weighted by Gasteiger charge is 2.06. The molecule has 1 aromatic rings. The van der Waals surface area contributed by atoms with Crippen molar-refractivity contribution in [2.45, 2.75) is 60.8 Å². The topological polar surface area (TPSA) is 0 Å². The predicted octanol–water partition coefficient (Wildman–Crippen LogP) is 7.56. The summed E-state index contributed by atoms with van der Waals surface area (Å²) >= 11 is 0. The summed E-state index contributed by atoms with van der Waals surface area (Å²) in [6, 6.07) is 10.5. The Hall–Kier alpha value is -1.56. The van der Waals surface area contributed by atoms with Crippen LogP contribution < -0.4 is 0 Å². The number of hydrogen-bond donors (Lipinski definition) is 0. The molecule has 0 radical (unpaired) electrons. The predicted molar refractivity (Wildman–Crippen MR) is 104 cm³/mol. The second kappa shape index (κ2) is 14.4. The second-order valence-corrected chi connectivity index (χ2v) is 5.45.